The average Bonchev–Trinajstić information content (AvgIpc) is 3.03. The number of aryl methyl sites for hydroxylation is 2. The smallest absolute Gasteiger partial charge is 0.336 e. The number of nitrogens with zero attached hydrogens (tertiary/aromatic N) is 3. The van der Waals surface area contributed by atoms with Crippen LogP contribution < -0.4 is 11.5 Å². The minimum atomic E-state index is -0.385. The van der Waals surface area contributed by atoms with Crippen molar-refractivity contribution in [3.05, 3.63) is 73.6 Å². The fourth-order valence-corrected chi connectivity index (χ4v) is 4.36. The topological polar surface area (TPSA) is 86.9 Å². The molecule has 0 aliphatic rings. The van der Waals surface area contributed by atoms with E-state index in [1.54, 1.807) is 18.2 Å². The minimum absolute atomic E-state index is 0.385. The van der Waals surface area contributed by atoms with Crippen molar-refractivity contribution < 1.29 is 4.42 Å². The molecule has 4 aromatic rings. The van der Waals surface area contributed by atoms with Crippen LogP contribution in [-0.4, -0.2) is 14.9 Å². The number of hydrogen-bond donors (Lipinski definition) is 1. The Bertz CT molecular complexity index is 1300. The maximum Gasteiger partial charge on any atom is 0.336 e. The van der Waals surface area contributed by atoms with Crippen molar-refractivity contribution in [2.45, 2.75) is 24.8 Å². The van der Waals surface area contributed by atoms with Crippen LogP contribution in [0.4, 0.5) is 0 Å². The summed E-state index contributed by atoms with van der Waals surface area (Å²) < 4.78 is 6.80. The molecule has 2 aromatic carbocycles. The summed E-state index contributed by atoms with van der Waals surface area (Å²) in [6.07, 6.45) is 0. The first-order valence-electron chi connectivity index (χ1n) is 8.67. The lowest BCUT2D eigenvalue weighted by atomic mass is 10.0. The normalized spacial score (nSPS) is 11.3. The molecule has 2 N–H and O–H groups in total. The number of nitrogen functional groups attached to an aromatic ring is 1. The maximum absolute atomic E-state index is 12.0. The van der Waals surface area contributed by atoms with Gasteiger partial charge in [0.15, 0.2) is 5.82 Å². The Morgan fingerprint density at radius 1 is 1.14 bits per heavy atom. The van der Waals surface area contributed by atoms with Crippen molar-refractivity contribution in [3.63, 3.8) is 0 Å². The van der Waals surface area contributed by atoms with E-state index in [1.165, 1.54) is 22.5 Å². The molecule has 148 valence electrons. The number of thioether (sulfide) groups is 1. The number of hydrogen-bond acceptors (Lipinski definition) is 6. The van der Waals surface area contributed by atoms with Gasteiger partial charge in [-0.2, -0.15) is 0 Å². The van der Waals surface area contributed by atoms with Gasteiger partial charge in [0.25, 0.3) is 0 Å². The lowest BCUT2D eigenvalue weighted by molar-refractivity contribution is 0.557. The molecule has 0 radical (unpaired) electrons. The third kappa shape index (κ3) is 3.73. The van der Waals surface area contributed by atoms with E-state index >= 15 is 0 Å². The Kier molecular flexibility index (Phi) is 5.29. The van der Waals surface area contributed by atoms with Crippen LogP contribution in [0.25, 0.3) is 22.4 Å². The summed E-state index contributed by atoms with van der Waals surface area (Å²) in [5.74, 6) is 7.10. The minimum Gasteiger partial charge on any atom is -0.422 e. The summed E-state index contributed by atoms with van der Waals surface area (Å²) in [7, 11) is 0. The molecule has 0 saturated carbocycles. The van der Waals surface area contributed by atoms with Gasteiger partial charge in [0.05, 0.1) is 5.02 Å². The van der Waals surface area contributed by atoms with Crippen LogP contribution in [0.15, 0.2) is 50.8 Å². The molecule has 0 unspecified atom stereocenters. The molecule has 0 spiro atoms. The Morgan fingerprint density at radius 3 is 2.69 bits per heavy atom. The van der Waals surface area contributed by atoms with E-state index in [-0.39, 0.29) is 5.63 Å². The van der Waals surface area contributed by atoms with Crippen LogP contribution >= 0.6 is 35.0 Å². The van der Waals surface area contributed by atoms with E-state index in [2.05, 4.69) is 10.2 Å². The molecular weight excluding hydrogens is 431 g/mol. The Balaban J connectivity index is 1.66. The summed E-state index contributed by atoms with van der Waals surface area (Å²) in [6.45, 7) is 3.92. The van der Waals surface area contributed by atoms with Gasteiger partial charge in [-0.25, -0.2) is 9.47 Å². The SMILES string of the molecule is Cc1ccc2c(CSc3nnc(-c4ccc(Cl)cc4Cl)n3N)cc(=O)oc2c1C. The monoisotopic (exact) mass is 446 g/mol. The summed E-state index contributed by atoms with van der Waals surface area (Å²) in [5.41, 5.74) is 3.72. The van der Waals surface area contributed by atoms with Gasteiger partial charge in [0.1, 0.15) is 5.58 Å². The third-order valence-corrected chi connectivity index (χ3v) is 6.25. The molecule has 2 aromatic heterocycles. The summed E-state index contributed by atoms with van der Waals surface area (Å²) in [6, 6.07) is 10.6. The second kappa shape index (κ2) is 7.74. The van der Waals surface area contributed by atoms with E-state index in [4.69, 9.17) is 33.5 Å². The predicted octanol–water partition coefficient (Wildman–Crippen LogP) is 4.98. The molecule has 9 heteroatoms. The Labute approximate surface area is 180 Å². The summed E-state index contributed by atoms with van der Waals surface area (Å²) in [4.78, 5) is 12.0. The predicted molar refractivity (Wildman–Crippen MR) is 117 cm³/mol. The van der Waals surface area contributed by atoms with E-state index in [0.717, 1.165) is 22.1 Å². The van der Waals surface area contributed by atoms with Crippen molar-refractivity contribution >= 4 is 45.9 Å². The van der Waals surface area contributed by atoms with Gasteiger partial charge in [0, 0.05) is 27.8 Å². The van der Waals surface area contributed by atoms with E-state index in [9.17, 15) is 4.79 Å². The molecule has 0 aliphatic carbocycles. The number of fused-ring (bicyclic) bond motifs is 1. The number of benzene rings is 2. The van der Waals surface area contributed by atoms with Crippen LogP contribution in [0.1, 0.15) is 16.7 Å². The molecule has 6 nitrogen and oxygen atoms in total. The highest BCUT2D eigenvalue weighted by atomic mass is 35.5. The number of halogens is 2. The first-order valence-corrected chi connectivity index (χ1v) is 10.4. The van der Waals surface area contributed by atoms with E-state index < -0.39 is 0 Å². The molecule has 29 heavy (non-hydrogen) atoms. The molecule has 0 atom stereocenters. The van der Waals surface area contributed by atoms with Crippen LogP contribution in [0, 0.1) is 13.8 Å². The zero-order chi connectivity index (χ0) is 20.7. The van der Waals surface area contributed by atoms with Gasteiger partial charge in [-0.1, -0.05) is 47.1 Å². The van der Waals surface area contributed by atoms with E-state index in [1.807, 2.05) is 26.0 Å². The summed E-state index contributed by atoms with van der Waals surface area (Å²) >= 11 is 13.6. The summed E-state index contributed by atoms with van der Waals surface area (Å²) in [5, 5.41) is 10.7. The number of nitrogens with two attached hydrogens (primary N) is 1. The molecule has 2 heterocycles. The van der Waals surface area contributed by atoms with Crippen molar-refractivity contribution in [2.24, 2.45) is 0 Å². The highest BCUT2D eigenvalue weighted by Crippen LogP contribution is 2.32. The van der Waals surface area contributed by atoms with Gasteiger partial charge in [-0.3, -0.25) is 0 Å². The fourth-order valence-electron chi connectivity index (χ4n) is 3.02. The lowest BCUT2D eigenvalue weighted by Gasteiger charge is -2.09. The fraction of sp³-hybridized carbons (Fsp3) is 0.150. The molecular formula is C20H16Cl2N4O2S. The highest BCUT2D eigenvalue weighted by Gasteiger charge is 2.16. The lowest BCUT2D eigenvalue weighted by Crippen LogP contribution is -2.12. The average molecular weight is 447 g/mol. The Hall–Kier alpha value is -2.48. The van der Waals surface area contributed by atoms with Crippen molar-refractivity contribution in [2.75, 3.05) is 5.84 Å². The zero-order valence-electron chi connectivity index (χ0n) is 15.6. The van der Waals surface area contributed by atoms with Gasteiger partial charge in [0.2, 0.25) is 5.16 Å². The largest absolute Gasteiger partial charge is 0.422 e. The van der Waals surface area contributed by atoms with Gasteiger partial charge < -0.3 is 10.3 Å². The first-order chi connectivity index (χ1) is 13.8. The third-order valence-electron chi connectivity index (χ3n) is 4.71. The van der Waals surface area contributed by atoms with E-state index in [0.29, 0.717) is 37.9 Å². The molecule has 0 fully saturated rings. The highest BCUT2D eigenvalue weighted by molar-refractivity contribution is 7.98. The van der Waals surface area contributed by atoms with Crippen molar-refractivity contribution in [3.8, 4) is 11.4 Å². The van der Waals surface area contributed by atoms with Gasteiger partial charge >= 0.3 is 5.63 Å². The van der Waals surface area contributed by atoms with Gasteiger partial charge in [-0.15, -0.1) is 10.2 Å². The quantitative estimate of drug-likeness (QED) is 0.270. The van der Waals surface area contributed by atoms with Crippen molar-refractivity contribution in [1.82, 2.24) is 14.9 Å². The zero-order valence-corrected chi connectivity index (χ0v) is 17.9. The standard InChI is InChI=1S/C20H16Cl2N4O2S/c1-10-3-5-14-12(7-17(27)28-18(14)11(10)2)9-29-20-25-24-19(26(20)23)15-6-4-13(21)8-16(15)22/h3-8H,9,23H2,1-2H3. The van der Waals surface area contributed by atoms with Crippen LogP contribution in [0.2, 0.25) is 10.0 Å². The maximum atomic E-state index is 12.0. The van der Waals surface area contributed by atoms with Crippen LogP contribution in [-0.2, 0) is 5.75 Å². The Morgan fingerprint density at radius 2 is 1.93 bits per heavy atom. The molecule has 0 amide bonds. The van der Waals surface area contributed by atoms with Crippen molar-refractivity contribution in [1.29, 1.82) is 0 Å². The second-order valence-electron chi connectivity index (χ2n) is 6.56. The number of rotatable bonds is 4. The molecule has 0 saturated heterocycles. The second-order valence-corrected chi connectivity index (χ2v) is 8.35. The molecule has 0 aliphatic heterocycles. The molecule has 4 rings (SSSR count). The van der Waals surface area contributed by atoms with Crippen LogP contribution in [0.3, 0.4) is 0 Å². The van der Waals surface area contributed by atoms with Gasteiger partial charge in [-0.05, 0) is 48.7 Å². The first kappa shape index (κ1) is 19.8. The van der Waals surface area contributed by atoms with Crippen LogP contribution in [0.5, 0.6) is 0 Å². The molecule has 0 bridgehead atoms. The number of aromatic nitrogens is 3.